The standard InChI is InChI=1S/C13H14FN3O2S/c1-9(12-4-2-3-7-16-12)17-20(18,19)13-6-5-10(15)8-11(13)14/h2-9,17H,15H2,1H3. The Bertz CT molecular complexity index is 705. The molecule has 106 valence electrons. The first-order valence-electron chi connectivity index (χ1n) is 5.88. The molecular formula is C13H14FN3O2S. The normalized spacial score (nSPS) is 13.1. The van der Waals surface area contributed by atoms with Crippen LogP contribution in [0.4, 0.5) is 10.1 Å². The van der Waals surface area contributed by atoms with Gasteiger partial charge >= 0.3 is 0 Å². The first-order chi connectivity index (χ1) is 9.40. The molecule has 0 aliphatic heterocycles. The fourth-order valence-electron chi connectivity index (χ4n) is 1.72. The highest BCUT2D eigenvalue weighted by Gasteiger charge is 2.22. The second-order valence-corrected chi connectivity index (χ2v) is 5.97. The van der Waals surface area contributed by atoms with Crippen molar-refractivity contribution in [3.63, 3.8) is 0 Å². The van der Waals surface area contributed by atoms with Crippen LogP contribution in [-0.4, -0.2) is 13.4 Å². The fraction of sp³-hybridized carbons (Fsp3) is 0.154. The van der Waals surface area contributed by atoms with Crippen LogP contribution >= 0.6 is 0 Å². The molecule has 7 heteroatoms. The summed E-state index contributed by atoms with van der Waals surface area (Å²) in [6.07, 6.45) is 1.56. The van der Waals surface area contributed by atoms with Crippen molar-refractivity contribution in [2.45, 2.75) is 17.9 Å². The highest BCUT2D eigenvalue weighted by Crippen LogP contribution is 2.19. The second-order valence-electron chi connectivity index (χ2n) is 4.29. The van der Waals surface area contributed by atoms with Crippen LogP contribution in [0.2, 0.25) is 0 Å². The molecule has 1 heterocycles. The minimum Gasteiger partial charge on any atom is -0.399 e. The summed E-state index contributed by atoms with van der Waals surface area (Å²) in [6, 6.07) is 8.04. The van der Waals surface area contributed by atoms with E-state index in [1.54, 1.807) is 31.3 Å². The van der Waals surface area contributed by atoms with Crippen LogP contribution in [-0.2, 0) is 10.0 Å². The van der Waals surface area contributed by atoms with E-state index in [2.05, 4.69) is 9.71 Å². The molecule has 0 saturated carbocycles. The van der Waals surface area contributed by atoms with Crippen molar-refractivity contribution >= 4 is 15.7 Å². The Labute approximate surface area is 116 Å². The molecule has 1 atom stereocenters. The van der Waals surface area contributed by atoms with E-state index in [9.17, 15) is 12.8 Å². The monoisotopic (exact) mass is 295 g/mol. The van der Waals surface area contributed by atoms with Gasteiger partial charge in [0.25, 0.3) is 0 Å². The minimum atomic E-state index is -3.98. The zero-order valence-corrected chi connectivity index (χ0v) is 11.6. The van der Waals surface area contributed by atoms with Gasteiger partial charge in [-0.05, 0) is 37.3 Å². The summed E-state index contributed by atoms with van der Waals surface area (Å²) in [6.45, 7) is 1.63. The van der Waals surface area contributed by atoms with Gasteiger partial charge < -0.3 is 5.73 Å². The van der Waals surface area contributed by atoms with Gasteiger partial charge in [-0.25, -0.2) is 17.5 Å². The highest BCUT2D eigenvalue weighted by atomic mass is 32.2. The molecular weight excluding hydrogens is 281 g/mol. The van der Waals surface area contributed by atoms with Crippen LogP contribution < -0.4 is 10.5 Å². The number of nitrogens with one attached hydrogen (secondary N) is 1. The summed E-state index contributed by atoms with van der Waals surface area (Å²) in [5.74, 6) is -0.884. The average molecular weight is 295 g/mol. The number of hydrogen-bond acceptors (Lipinski definition) is 4. The average Bonchev–Trinajstić information content (AvgIpc) is 2.38. The van der Waals surface area contributed by atoms with Gasteiger partial charge in [-0.1, -0.05) is 6.07 Å². The molecule has 1 aromatic heterocycles. The summed E-state index contributed by atoms with van der Waals surface area (Å²) in [7, 11) is -3.98. The fourth-order valence-corrected chi connectivity index (χ4v) is 3.00. The first-order valence-corrected chi connectivity index (χ1v) is 7.37. The quantitative estimate of drug-likeness (QED) is 0.843. The number of pyridine rings is 1. The molecule has 1 unspecified atom stereocenters. The third-order valence-electron chi connectivity index (χ3n) is 2.71. The summed E-state index contributed by atoms with van der Waals surface area (Å²) in [4.78, 5) is 3.62. The predicted molar refractivity (Wildman–Crippen MR) is 73.8 cm³/mol. The van der Waals surface area contributed by atoms with Crippen molar-refractivity contribution in [2.24, 2.45) is 0 Å². The molecule has 1 aromatic carbocycles. The first kappa shape index (κ1) is 14.4. The van der Waals surface area contributed by atoms with Crippen molar-refractivity contribution in [2.75, 3.05) is 5.73 Å². The van der Waals surface area contributed by atoms with Crippen LogP contribution in [0.25, 0.3) is 0 Å². The van der Waals surface area contributed by atoms with Crippen LogP contribution in [0.1, 0.15) is 18.7 Å². The largest absolute Gasteiger partial charge is 0.399 e. The Kier molecular flexibility index (Phi) is 4.01. The smallest absolute Gasteiger partial charge is 0.244 e. The number of halogens is 1. The maximum atomic E-state index is 13.7. The number of aromatic nitrogens is 1. The van der Waals surface area contributed by atoms with E-state index < -0.39 is 26.8 Å². The Morgan fingerprint density at radius 3 is 2.65 bits per heavy atom. The van der Waals surface area contributed by atoms with Crippen molar-refractivity contribution < 1.29 is 12.8 Å². The predicted octanol–water partition coefficient (Wildman–Crippen LogP) is 1.84. The lowest BCUT2D eigenvalue weighted by atomic mass is 10.2. The Morgan fingerprint density at radius 2 is 2.05 bits per heavy atom. The van der Waals surface area contributed by atoms with E-state index in [1.807, 2.05) is 0 Å². The Hall–Kier alpha value is -1.99. The van der Waals surface area contributed by atoms with Crippen LogP contribution in [0.5, 0.6) is 0 Å². The second kappa shape index (κ2) is 5.56. The topological polar surface area (TPSA) is 85.1 Å². The van der Waals surface area contributed by atoms with Gasteiger partial charge in [0.1, 0.15) is 10.7 Å². The lowest BCUT2D eigenvalue weighted by Gasteiger charge is -2.14. The molecule has 20 heavy (non-hydrogen) atoms. The van der Waals surface area contributed by atoms with Gasteiger partial charge in [0.15, 0.2) is 0 Å². The summed E-state index contributed by atoms with van der Waals surface area (Å²) >= 11 is 0. The third kappa shape index (κ3) is 3.12. The van der Waals surface area contributed by atoms with E-state index in [0.29, 0.717) is 5.69 Å². The third-order valence-corrected chi connectivity index (χ3v) is 4.28. The van der Waals surface area contributed by atoms with E-state index >= 15 is 0 Å². The number of rotatable bonds is 4. The number of nitrogen functional groups attached to an aromatic ring is 1. The molecule has 2 aromatic rings. The van der Waals surface area contributed by atoms with Crippen LogP contribution in [0.15, 0.2) is 47.5 Å². The molecule has 0 saturated heterocycles. The molecule has 0 amide bonds. The Balaban J connectivity index is 2.28. The highest BCUT2D eigenvalue weighted by molar-refractivity contribution is 7.89. The lowest BCUT2D eigenvalue weighted by molar-refractivity contribution is 0.545. The molecule has 0 spiro atoms. The molecule has 0 fully saturated rings. The van der Waals surface area contributed by atoms with E-state index in [1.165, 1.54) is 6.07 Å². The lowest BCUT2D eigenvalue weighted by Crippen LogP contribution is -2.28. The van der Waals surface area contributed by atoms with Gasteiger partial charge in [-0.2, -0.15) is 0 Å². The van der Waals surface area contributed by atoms with Gasteiger partial charge in [0.05, 0.1) is 11.7 Å². The number of nitrogens with zero attached hydrogens (tertiary/aromatic N) is 1. The van der Waals surface area contributed by atoms with Gasteiger partial charge in [0.2, 0.25) is 10.0 Å². The molecule has 0 aliphatic carbocycles. The van der Waals surface area contributed by atoms with E-state index in [0.717, 1.165) is 12.1 Å². The zero-order valence-electron chi connectivity index (χ0n) is 10.7. The van der Waals surface area contributed by atoms with Crippen molar-refractivity contribution in [1.29, 1.82) is 0 Å². The molecule has 0 radical (unpaired) electrons. The Morgan fingerprint density at radius 1 is 1.30 bits per heavy atom. The van der Waals surface area contributed by atoms with E-state index in [-0.39, 0.29) is 5.69 Å². The molecule has 0 aliphatic rings. The van der Waals surface area contributed by atoms with Gasteiger partial charge in [0, 0.05) is 11.9 Å². The maximum Gasteiger partial charge on any atom is 0.244 e. The number of anilines is 1. The van der Waals surface area contributed by atoms with Crippen LogP contribution in [0, 0.1) is 5.82 Å². The van der Waals surface area contributed by atoms with Gasteiger partial charge in [-0.3, -0.25) is 4.98 Å². The SMILES string of the molecule is CC(NS(=O)(=O)c1ccc(N)cc1F)c1ccccn1. The molecule has 3 N–H and O–H groups in total. The number of hydrogen-bond donors (Lipinski definition) is 2. The minimum absolute atomic E-state index is 0.166. The summed E-state index contributed by atoms with van der Waals surface area (Å²) in [5, 5.41) is 0. The van der Waals surface area contributed by atoms with Crippen molar-refractivity contribution in [3.8, 4) is 0 Å². The number of benzene rings is 1. The van der Waals surface area contributed by atoms with Crippen molar-refractivity contribution in [3.05, 3.63) is 54.1 Å². The van der Waals surface area contributed by atoms with Crippen LogP contribution in [0.3, 0.4) is 0 Å². The van der Waals surface area contributed by atoms with E-state index in [4.69, 9.17) is 5.73 Å². The summed E-state index contributed by atoms with van der Waals surface area (Å²) < 4.78 is 40.3. The molecule has 2 rings (SSSR count). The van der Waals surface area contributed by atoms with Crippen molar-refractivity contribution in [1.82, 2.24) is 9.71 Å². The number of sulfonamides is 1. The molecule has 5 nitrogen and oxygen atoms in total. The summed E-state index contributed by atoms with van der Waals surface area (Å²) in [5.41, 5.74) is 6.11. The molecule has 0 bridgehead atoms. The number of nitrogens with two attached hydrogens (primary N) is 1. The van der Waals surface area contributed by atoms with Gasteiger partial charge in [-0.15, -0.1) is 0 Å². The zero-order chi connectivity index (χ0) is 14.8. The maximum absolute atomic E-state index is 13.7.